The largest absolute Gasteiger partial charge is 0.460 e. The van der Waals surface area contributed by atoms with Crippen molar-refractivity contribution in [3.05, 3.63) is 47.2 Å². The van der Waals surface area contributed by atoms with Crippen LogP contribution in [-0.4, -0.2) is 0 Å². The molecule has 0 saturated carbocycles. The van der Waals surface area contributed by atoms with Crippen LogP contribution in [-0.2, 0) is 0 Å². The molecular weight excluding hydrogens is 196 g/mol. The highest BCUT2D eigenvalue weighted by Crippen LogP contribution is 2.36. The Hall–Kier alpha value is -2.23. The van der Waals surface area contributed by atoms with Gasteiger partial charge in [0, 0.05) is 6.07 Å². The maximum absolute atomic E-state index is 11.5. The molecule has 1 aromatic carbocycles. The predicted molar refractivity (Wildman–Crippen MR) is 52.9 cm³/mol. The van der Waals surface area contributed by atoms with Crippen molar-refractivity contribution in [2.45, 2.75) is 0 Å². The SMILES string of the molecule is O=c1ccoc2c3c(ccc12)OC=CO3. The molecular formula is C11H6O4. The van der Waals surface area contributed by atoms with Gasteiger partial charge < -0.3 is 13.9 Å². The monoisotopic (exact) mass is 202 g/mol. The summed E-state index contributed by atoms with van der Waals surface area (Å²) in [6.45, 7) is 0. The van der Waals surface area contributed by atoms with Crippen molar-refractivity contribution < 1.29 is 13.9 Å². The molecule has 0 aliphatic carbocycles. The summed E-state index contributed by atoms with van der Waals surface area (Å²) in [5.41, 5.74) is 0.307. The fourth-order valence-corrected chi connectivity index (χ4v) is 1.51. The topological polar surface area (TPSA) is 48.7 Å². The number of rotatable bonds is 0. The van der Waals surface area contributed by atoms with E-state index in [1.807, 2.05) is 0 Å². The first kappa shape index (κ1) is 8.11. The third kappa shape index (κ3) is 1.11. The van der Waals surface area contributed by atoms with Gasteiger partial charge in [-0.05, 0) is 12.1 Å². The average molecular weight is 202 g/mol. The molecule has 1 aromatic heterocycles. The minimum Gasteiger partial charge on any atom is -0.460 e. The maximum Gasteiger partial charge on any atom is 0.212 e. The fraction of sp³-hybridized carbons (Fsp3) is 0. The first-order chi connectivity index (χ1) is 7.36. The van der Waals surface area contributed by atoms with Crippen LogP contribution in [0.15, 0.2) is 46.2 Å². The van der Waals surface area contributed by atoms with Crippen LogP contribution in [0.4, 0.5) is 0 Å². The van der Waals surface area contributed by atoms with Crippen LogP contribution in [0.3, 0.4) is 0 Å². The minimum atomic E-state index is -0.0998. The number of hydrogen-bond donors (Lipinski definition) is 0. The lowest BCUT2D eigenvalue weighted by Gasteiger charge is -2.12. The fourth-order valence-electron chi connectivity index (χ4n) is 1.51. The third-order valence-electron chi connectivity index (χ3n) is 2.18. The minimum absolute atomic E-state index is 0.0998. The van der Waals surface area contributed by atoms with E-state index in [4.69, 9.17) is 13.9 Å². The molecule has 1 aliphatic heterocycles. The highest BCUT2D eigenvalue weighted by atomic mass is 16.5. The Morgan fingerprint density at radius 3 is 2.80 bits per heavy atom. The molecule has 0 atom stereocenters. The second-order valence-corrected chi connectivity index (χ2v) is 3.06. The van der Waals surface area contributed by atoms with Crippen molar-refractivity contribution in [3.8, 4) is 11.5 Å². The molecule has 0 unspecified atom stereocenters. The molecule has 0 spiro atoms. The number of fused-ring (bicyclic) bond motifs is 3. The molecule has 2 heterocycles. The van der Waals surface area contributed by atoms with Gasteiger partial charge in [-0.2, -0.15) is 0 Å². The van der Waals surface area contributed by atoms with Gasteiger partial charge in [0.2, 0.25) is 5.75 Å². The Morgan fingerprint density at radius 1 is 1.00 bits per heavy atom. The Labute approximate surface area is 84.3 Å². The molecule has 2 aromatic rings. The lowest BCUT2D eigenvalue weighted by atomic mass is 10.2. The molecule has 0 fully saturated rings. The summed E-state index contributed by atoms with van der Waals surface area (Å²) in [6.07, 6.45) is 4.16. The van der Waals surface area contributed by atoms with Crippen LogP contribution < -0.4 is 14.9 Å². The summed E-state index contributed by atoms with van der Waals surface area (Å²) in [4.78, 5) is 11.5. The van der Waals surface area contributed by atoms with Gasteiger partial charge in [0.05, 0.1) is 11.6 Å². The van der Waals surface area contributed by atoms with Gasteiger partial charge in [0.25, 0.3) is 0 Å². The highest BCUT2D eigenvalue weighted by Gasteiger charge is 2.15. The van der Waals surface area contributed by atoms with E-state index < -0.39 is 0 Å². The third-order valence-corrected chi connectivity index (χ3v) is 2.18. The second kappa shape index (κ2) is 2.88. The van der Waals surface area contributed by atoms with E-state index >= 15 is 0 Å². The zero-order valence-corrected chi connectivity index (χ0v) is 7.60. The van der Waals surface area contributed by atoms with E-state index in [1.165, 1.54) is 24.9 Å². The Kier molecular flexibility index (Phi) is 1.56. The Bertz CT molecular complexity index is 610. The molecule has 0 radical (unpaired) electrons. The summed E-state index contributed by atoms with van der Waals surface area (Å²) in [5.74, 6) is 0.979. The van der Waals surface area contributed by atoms with Crippen molar-refractivity contribution in [3.63, 3.8) is 0 Å². The molecule has 0 N–H and O–H groups in total. The lowest BCUT2D eigenvalue weighted by Crippen LogP contribution is -2.02. The normalized spacial score (nSPS) is 13.1. The van der Waals surface area contributed by atoms with Crippen molar-refractivity contribution in [2.24, 2.45) is 0 Å². The van der Waals surface area contributed by atoms with E-state index in [0.717, 1.165) is 0 Å². The van der Waals surface area contributed by atoms with E-state index in [1.54, 1.807) is 12.1 Å². The Balaban J connectivity index is 2.44. The Morgan fingerprint density at radius 2 is 1.87 bits per heavy atom. The molecule has 0 bridgehead atoms. The van der Waals surface area contributed by atoms with Gasteiger partial charge in [-0.25, -0.2) is 0 Å². The number of benzene rings is 1. The van der Waals surface area contributed by atoms with Crippen molar-refractivity contribution in [1.29, 1.82) is 0 Å². The summed E-state index contributed by atoms with van der Waals surface area (Å²) in [7, 11) is 0. The number of hydrogen-bond acceptors (Lipinski definition) is 4. The maximum atomic E-state index is 11.5. The molecule has 15 heavy (non-hydrogen) atoms. The van der Waals surface area contributed by atoms with E-state index in [9.17, 15) is 4.79 Å². The van der Waals surface area contributed by atoms with Gasteiger partial charge in [0.1, 0.15) is 12.5 Å². The second-order valence-electron chi connectivity index (χ2n) is 3.06. The summed E-state index contributed by atoms with van der Waals surface area (Å²) in [5, 5.41) is 0.482. The average Bonchev–Trinajstić information content (AvgIpc) is 2.29. The molecule has 0 saturated heterocycles. The standard InChI is InChI=1S/C11H6O4/c12-8-3-4-14-10-7(8)1-2-9-11(10)15-6-5-13-9/h1-6H. The highest BCUT2D eigenvalue weighted by molar-refractivity contribution is 5.85. The van der Waals surface area contributed by atoms with Gasteiger partial charge in [-0.1, -0.05) is 0 Å². The van der Waals surface area contributed by atoms with Gasteiger partial charge in [0.15, 0.2) is 16.8 Å². The van der Waals surface area contributed by atoms with Crippen molar-refractivity contribution in [1.82, 2.24) is 0 Å². The molecule has 3 rings (SSSR count). The summed E-state index contributed by atoms with van der Waals surface area (Å²) < 4.78 is 15.7. The van der Waals surface area contributed by atoms with Crippen LogP contribution in [0.2, 0.25) is 0 Å². The van der Waals surface area contributed by atoms with Crippen LogP contribution in [0.25, 0.3) is 11.0 Å². The van der Waals surface area contributed by atoms with Crippen LogP contribution in [0.1, 0.15) is 0 Å². The van der Waals surface area contributed by atoms with Gasteiger partial charge >= 0.3 is 0 Å². The molecule has 4 nitrogen and oxygen atoms in total. The van der Waals surface area contributed by atoms with Gasteiger partial charge in [-0.3, -0.25) is 4.79 Å². The van der Waals surface area contributed by atoms with Crippen LogP contribution in [0, 0.1) is 0 Å². The smallest absolute Gasteiger partial charge is 0.212 e. The van der Waals surface area contributed by atoms with E-state index in [-0.39, 0.29) is 5.43 Å². The molecule has 0 amide bonds. The molecule has 1 aliphatic rings. The zero-order chi connectivity index (χ0) is 10.3. The van der Waals surface area contributed by atoms with Gasteiger partial charge in [-0.15, -0.1) is 0 Å². The van der Waals surface area contributed by atoms with E-state index in [0.29, 0.717) is 22.5 Å². The van der Waals surface area contributed by atoms with E-state index in [2.05, 4.69) is 0 Å². The summed E-state index contributed by atoms with van der Waals surface area (Å²) in [6, 6.07) is 4.70. The zero-order valence-electron chi connectivity index (χ0n) is 7.60. The molecule has 74 valence electrons. The van der Waals surface area contributed by atoms with Crippen LogP contribution in [0.5, 0.6) is 11.5 Å². The first-order valence-electron chi connectivity index (χ1n) is 4.39. The summed E-state index contributed by atoms with van der Waals surface area (Å²) >= 11 is 0. The quantitative estimate of drug-likeness (QED) is 0.655. The van der Waals surface area contributed by atoms with Crippen molar-refractivity contribution in [2.75, 3.05) is 0 Å². The predicted octanol–water partition coefficient (Wildman–Crippen LogP) is 2.04. The molecule has 4 heteroatoms. The first-order valence-corrected chi connectivity index (χ1v) is 4.39. The number of ether oxygens (including phenoxy) is 2. The van der Waals surface area contributed by atoms with Crippen molar-refractivity contribution >= 4 is 11.0 Å². The lowest BCUT2D eigenvalue weighted by molar-refractivity contribution is 0.359. The van der Waals surface area contributed by atoms with Crippen LogP contribution >= 0.6 is 0 Å².